The minimum atomic E-state index is -0.113. The Balaban J connectivity index is 1.65. The van der Waals surface area contributed by atoms with Gasteiger partial charge in [-0.3, -0.25) is 9.59 Å². The molecule has 1 N–H and O–H groups in total. The molecule has 0 unspecified atom stereocenters. The van der Waals surface area contributed by atoms with Crippen LogP contribution in [0.25, 0.3) is 11.4 Å². The highest BCUT2D eigenvalue weighted by Gasteiger charge is 2.18. The highest BCUT2D eigenvalue weighted by atomic mass is 16.5. The number of pyridine rings is 1. The quantitative estimate of drug-likeness (QED) is 0.822. The molecule has 0 atom stereocenters. The van der Waals surface area contributed by atoms with Crippen molar-refractivity contribution in [1.82, 2.24) is 20.0 Å². The first-order valence-electron chi connectivity index (χ1n) is 9.41. The molecule has 1 saturated carbocycles. The highest BCUT2D eigenvalue weighted by Crippen LogP contribution is 2.18. The van der Waals surface area contributed by atoms with Crippen molar-refractivity contribution in [2.75, 3.05) is 0 Å². The Kier molecular flexibility index (Phi) is 5.85. The molecule has 2 heterocycles. The van der Waals surface area contributed by atoms with Crippen molar-refractivity contribution in [3.8, 4) is 11.4 Å². The maximum absolute atomic E-state index is 12.6. The van der Waals surface area contributed by atoms with Crippen LogP contribution in [-0.2, 0) is 17.8 Å². The van der Waals surface area contributed by atoms with Gasteiger partial charge in [-0.15, -0.1) is 0 Å². The molecule has 0 aromatic carbocycles. The first-order valence-corrected chi connectivity index (χ1v) is 9.41. The number of amides is 1. The number of carbonyl (C=O) groups is 1. The van der Waals surface area contributed by atoms with E-state index in [0.29, 0.717) is 36.9 Å². The second-order valence-corrected chi connectivity index (χ2v) is 6.91. The largest absolute Gasteiger partial charge is 0.353 e. The normalized spacial score (nSPS) is 14.7. The van der Waals surface area contributed by atoms with Gasteiger partial charge in [0, 0.05) is 31.1 Å². The Morgan fingerprint density at radius 2 is 2.12 bits per heavy atom. The molecule has 0 bridgehead atoms. The summed E-state index contributed by atoms with van der Waals surface area (Å²) in [6, 6.07) is 3.92. The molecule has 2 aromatic heterocycles. The summed E-state index contributed by atoms with van der Waals surface area (Å²) in [5.41, 5.74) is 1.22. The van der Waals surface area contributed by atoms with Crippen LogP contribution in [0.5, 0.6) is 0 Å². The first kappa shape index (κ1) is 18.4. The van der Waals surface area contributed by atoms with Crippen molar-refractivity contribution in [1.29, 1.82) is 0 Å². The first-order chi connectivity index (χ1) is 12.6. The van der Waals surface area contributed by atoms with E-state index in [1.165, 1.54) is 12.8 Å². The molecule has 140 valence electrons. The van der Waals surface area contributed by atoms with Gasteiger partial charge < -0.3 is 14.4 Å². The number of aryl methyl sites for hydroxylation is 2. The molecule has 7 heteroatoms. The van der Waals surface area contributed by atoms with E-state index in [2.05, 4.69) is 15.5 Å². The number of nitrogens with zero attached hydrogens (tertiary/aromatic N) is 3. The number of nitrogens with one attached hydrogen (secondary N) is 1. The molecule has 26 heavy (non-hydrogen) atoms. The SMILES string of the molecule is CCCn1c(C)ccc(-c2noc(CCC(=O)NC3CCCC3)n2)c1=O. The van der Waals surface area contributed by atoms with Crippen LogP contribution < -0.4 is 10.9 Å². The topological polar surface area (TPSA) is 90.0 Å². The average Bonchev–Trinajstić information content (AvgIpc) is 3.29. The third-order valence-electron chi connectivity index (χ3n) is 4.83. The summed E-state index contributed by atoms with van der Waals surface area (Å²) < 4.78 is 6.96. The highest BCUT2D eigenvalue weighted by molar-refractivity contribution is 5.76. The Morgan fingerprint density at radius 3 is 2.85 bits per heavy atom. The third kappa shape index (κ3) is 4.20. The Bertz CT molecular complexity index is 818. The molecule has 1 aliphatic carbocycles. The van der Waals surface area contributed by atoms with Gasteiger partial charge in [0.25, 0.3) is 5.56 Å². The summed E-state index contributed by atoms with van der Waals surface area (Å²) in [6.45, 7) is 4.59. The van der Waals surface area contributed by atoms with Crippen LogP contribution in [-0.4, -0.2) is 26.7 Å². The predicted molar refractivity (Wildman–Crippen MR) is 97.7 cm³/mol. The molecule has 0 spiro atoms. The van der Waals surface area contributed by atoms with Gasteiger partial charge in [-0.25, -0.2) is 0 Å². The van der Waals surface area contributed by atoms with Crippen molar-refractivity contribution in [3.63, 3.8) is 0 Å². The van der Waals surface area contributed by atoms with Gasteiger partial charge in [0.1, 0.15) is 0 Å². The number of rotatable bonds is 7. The zero-order valence-corrected chi connectivity index (χ0v) is 15.5. The maximum atomic E-state index is 12.6. The summed E-state index contributed by atoms with van der Waals surface area (Å²) in [5, 5.41) is 6.97. The third-order valence-corrected chi connectivity index (χ3v) is 4.83. The fraction of sp³-hybridized carbons (Fsp3) is 0.579. The number of aromatic nitrogens is 3. The zero-order valence-electron chi connectivity index (χ0n) is 15.5. The molecule has 2 aromatic rings. The molecule has 1 aliphatic rings. The average molecular weight is 358 g/mol. The van der Waals surface area contributed by atoms with Gasteiger partial charge in [0.05, 0.1) is 5.56 Å². The Morgan fingerprint density at radius 1 is 1.35 bits per heavy atom. The van der Waals surface area contributed by atoms with E-state index >= 15 is 0 Å². The summed E-state index contributed by atoms with van der Waals surface area (Å²) in [4.78, 5) is 28.9. The molecule has 1 fully saturated rings. The van der Waals surface area contributed by atoms with Crippen molar-refractivity contribution < 1.29 is 9.32 Å². The Hall–Kier alpha value is -2.44. The minimum absolute atomic E-state index is 0.0114. The van der Waals surface area contributed by atoms with E-state index in [4.69, 9.17) is 4.52 Å². The van der Waals surface area contributed by atoms with Gasteiger partial charge >= 0.3 is 0 Å². The molecule has 0 saturated heterocycles. The predicted octanol–water partition coefficient (Wildman–Crippen LogP) is 2.61. The van der Waals surface area contributed by atoms with E-state index in [-0.39, 0.29) is 17.3 Å². The number of hydrogen-bond donors (Lipinski definition) is 1. The molecule has 0 radical (unpaired) electrons. The summed E-state index contributed by atoms with van der Waals surface area (Å²) in [5.74, 6) is 0.673. The lowest BCUT2D eigenvalue weighted by Crippen LogP contribution is -2.32. The van der Waals surface area contributed by atoms with Crippen molar-refractivity contribution in [3.05, 3.63) is 34.1 Å². The van der Waals surface area contributed by atoms with Gasteiger partial charge in [-0.05, 0) is 38.3 Å². The smallest absolute Gasteiger partial charge is 0.261 e. The molecule has 0 aliphatic heterocycles. The Labute approximate surface area is 152 Å². The summed E-state index contributed by atoms with van der Waals surface area (Å²) >= 11 is 0. The maximum Gasteiger partial charge on any atom is 0.261 e. The van der Waals surface area contributed by atoms with Crippen molar-refractivity contribution >= 4 is 5.91 Å². The second kappa shape index (κ2) is 8.29. The van der Waals surface area contributed by atoms with Crippen LogP contribution in [0.3, 0.4) is 0 Å². The molecule has 1 amide bonds. The fourth-order valence-electron chi connectivity index (χ4n) is 3.40. The lowest BCUT2D eigenvalue weighted by atomic mass is 10.2. The van der Waals surface area contributed by atoms with Crippen LogP contribution in [0, 0.1) is 6.92 Å². The van der Waals surface area contributed by atoms with E-state index in [9.17, 15) is 9.59 Å². The van der Waals surface area contributed by atoms with Crippen molar-refractivity contribution in [2.24, 2.45) is 0 Å². The fourth-order valence-corrected chi connectivity index (χ4v) is 3.40. The summed E-state index contributed by atoms with van der Waals surface area (Å²) in [7, 11) is 0. The molecule has 3 rings (SSSR count). The summed E-state index contributed by atoms with van der Waals surface area (Å²) in [6.07, 6.45) is 6.06. The van der Waals surface area contributed by atoms with E-state index < -0.39 is 0 Å². The lowest BCUT2D eigenvalue weighted by molar-refractivity contribution is -0.121. The van der Waals surface area contributed by atoms with Crippen LogP contribution in [0.2, 0.25) is 0 Å². The standard InChI is InChI=1S/C19H26N4O3/c1-3-12-23-13(2)8-9-15(19(23)25)18-21-17(26-22-18)11-10-16(24)20-14-6-4-5-7-14/h8-9,14H,3-7,10-12H2,1-2H3,(H,20,24). The number of hydrogen-bond acceptors (Lipinski definition) is 5. The monoisotopic (exact) mass is 358 g/mol. The van der Waals surface area contributed by atoms with Gasteiger partial charge in [-0.2, -0.15) is 4.98 Å². The zero-order chi connectivity index (χ0) is 18.5. The van der Waals surface area contributed by atoms with Crippen LogP contribution in [0.15, 0.2) is 21.5 Å². The van der Waals surface area contributed by atoms with Gasteiger partial charge in [0.15, 0.2) is 0 Å². The van der Waals surface area contributed by atoms with E-state index in [1.807, 2.05) is 19.9 Å². The van der Waals surface area contributed by atoms with Crippen LogP contribution in [0.1, 0.15) is 57.0 Å². The van der Waals surface area contributed by atoms with Crippen molar-refractivity contribution in [2.45, 2.75) is 71.4 Å². The number of carbonyl (C=O) groups excluding carboxylic acids is 1. The van der Waals surface area contributed by atoms with E-state index in [1.54, 1.807) is 10.6 Å². The molecular weight excluding hydrogens is 332 g/mol. The second-order valence-electron chi connectivity index (χ2n) is 6.91. The molecule has 7 nitrogen and oxygen atoms in total. The van der Waals surface area contributed by atoms with Gasteiger partial charge in [0.2, 0.25) is 17.6 Å². The van der Waals surface area contributed by atoms with Gasteiger partial charge in [-0.1, -0.05) is 24.9 Å². The lowest BCUT2D eigenvalue weighted by Gasteiger charge is -2.10. The van der Waals surface area contributed by atoms with Crippen LogP contribution in [0.4, 0.5) is 0 Å². The minimum Gasteiger partial charge on any atom is -0.353 e. The molecular formula is C19H26N4O3. The van der Waals surface area contributed by atoms with E-state index in [0.717, 1.165) is 25.0 Å². The van der Waals surface area contributed by atoms with Crippen LogP contribution >= 0.6 is 0 Å².